The number of amides is 1. The van der Waals surface area contributed by atoms with E-state index in [1.165, 1.54) is 11.6 Å². The van der Waals surface area contributed by atoms with Gasteiger partial charge in [0.1, 0.15) is 11.3 Å². The van der Waals surface area contributed by atoms with Crippen molar-refractivity contribution in [2.75, 3.05) is 31.1 Å². The van der Waals surface area contributed by atoms with Crippen molar-refractivity contribution in [1.82, 2.24) is 5.32 Å². The molecule has 2 unspecified atom stereocenters. The number of hydrogen-bond acceptors (Lipinski definition) is 5. The number of rotatable bonds is 3. The smallest absolute Gasteiger partial charge is 0.336 e. The Balaban J connectivity index is 1.36. The molecule has 2 atom stereocenters. The van der Waals surface area contributed by atoms with Gasteiger partial charge in [-0.2, -0.15) is 0 Å². The van der Waals surface area contributed by atoms with Gasteiger partial charge in [-0.1, -0.05) is 18.2 Å². The molecule has 6 heteroatoms. The highest BCUT2D eigenvalue weighted by atomic mass is 16.5. The molecule has 0 aliphatic carbocycles. The molecule has 1 N–H and O–H groups in total. The van der Waals surface area contributed by atoms with Crippen molar-refractivity contribution in [3.63, 3.8) is 0 Å². The highest BCUT2D eigenvalue weighted by molar-refractivity contribution is 5.96. The quantitative estimate of drug-likeness (QED) is 0.697. The molecule has 29 heavy (non-hydrogen) atoms. The molecule has 0 radical (unpaired) electrons. The summed E-state index contributed by atoms with van der Waals surface area (Å²) in [7, 11) is 0. The maximum atomic E-state index is 13.0. The van der Waals surface area contributed by atoms with Gasteiger partial charge < -0.3 is 19.4 Å². The summed E-state index contributed by atoms with van der Waals surface area (Å²) in [5.74, 6) is 1.31. The molecular weight excluding hydrogens is 368 g/mol. The number of carbonyl (C=O) groups is 1. The molecule has 6 nitrogen and oxygen atoms in total. The molecule has 2 aliphatic rings. The molecule has 1 fully saturated rings. The molecular formula is C23H22N2O4. The first-order chi connectivity index (χ1) is 14.1. The monoisotopic (exact) mass is 390 g/mol. The number of hydrogen-bond donors (Lipinski definition) is 1. The summed E-state index contributed by atoms with van der Waals surface area (Å²) in [4.78, 5) is 26.5. The predicted molar refractivity (Wildman–Crippen MR) is 111 cm³/mol. The fourth-order valence-electron chi connectivity index (χ4n) is 4.52. The standard InChI is InChI=1S/C23H22N2O4/c1-14-8-23(27)29-21-9-16(6-7-17(14)21)28-13-22(26)25-12-15-10-24-11-19(15)18-4-2-3-5-20(18)25/h2-9,15,19,24H,10-13H2,1H3. The minimum Gasteiger partial charge on any atom is -0.484 e. The van der Waals surface area contributed by atoms with Gasteiger partial charge >= 0.3 is 5.63 Å². The average molecular weight is 390 g/mol. The van der Waals surface area contributed by atoms with Crippen LogP contribution in [0.25, 0.3) is 11.0 Å². The van der Waals surface area contributed by atoms with Crippen LogP contribution in [-0.4, -0.2) is 32.1 Å². The van der Waals surface area contributed by atoms with Crippen LogP contribution in [0.4, 0.5) is 5.69 Å². The summed E-state index contributed by atoms with van der Waals surface area (Å²) >= 11 is 0. The zero-order valence-corrected chi connectivity index (χ0v) is 16.2. The molecule has 3 heterocycles. The zero-order valence-electron chi connectivity index (χ0n) is 16.2. The Labute approximate surface area is 168 Å². The molecule has 1 saturated heterocycles. The molecule has 2 aliphatic heterocycles. The number of benzene rings is 2. The van der Waals surface area contributed by atoms with E-state index < -0.39 is 5.63 Å². The second-order valence-electron chi connectivity index (χ2n) is 7.78. The summed E-state index contributed by atoms with van der Waals surface area (Å²) in [5.41, 5.74) is 3.12. The van der Waals surface area contributed by atoms with Gasteiger partial charge in [-0.05, 0) is 42.2 Å². The fourth-order valence-corrected chi connectivity index (χ4v) is 4.52. The second kappa shape index (κ2) is 7.04. The first kappa shape index (κ1) is 17.9. The Hall–Kier alpha value is -3.12. The maximum absolute atomic E-state index is 13.0. The van der Waals surface area contributed by atoms with Crippen molar-refractivity contribution in [3.05, 3.63) is 70.1 Å². The average Bonchev–Trinajstić information content (AvgIpc) is 3.20. The first-order valence-electron chi connectivity index (χ1n) is 9.87. The van der Waals surface area contributed by atoms with E-state index in [-0.39, 0.29) is 12.5 Å². The van der Waals surface area contributed by atoms with Crippen LogP contribution in [0.1, 0.15) is 17.0 Å². The van der Waals surface area contributed by atoms with Crippen LogP contribution < -0.4 is 20.6 Å². The molecule has 0 bridgehead atoms. The maximum Gasteiger partial charge on any atom is 0.336 e. The van der Waals surface area contributed by atoms with Gasteiger partial charge in [0, 0.05) is 48.8 Å². The lowest BCUT2D eigenvalue weighted by Gasteiger charge is -2.36. The van der Waals surface area contributed by atoms with Gasteiger partial charge in [0.15, 0.2) is 6.61 Å². The minimum atomic E-state index is -0.395. The number of nitrogens with one attached hydrogen (secondary N) is 1. The number of anilines is 1. The lowest BCUT2D eigenvalue weighted by atomic mass is 9.83. The second-order valence-corrected chi connectivity index (χ2v) is 7.78. The highest BCUT2D eigenvalue weighted by Gasteiger charge is 2.38. The van der Waals surface area contributed by atoms with Crippen molar-refractivity contribution in [2.24, 2.45) is 5.92 Å². The van der Waals surface area contributed by atoms with Crippen LogP contribution in [0.2, 0.25) is 0 Å². The highest BCUT2D eigenvalue weighted by Crippen LogP contribution is 2.40. The van der Waals surface area contributed by atoms with E-state index in [1.807, 2.05) is 36.1 Å². The van der Waals surface area contributed by atoms with Crippen LogP contribution in [0, 0.1) is 12.8 Å². The van der Waals surface area contributed by atoms with Crippen LogP contribution >= 0.6 is 0 Å². The van der Waals surface area contributed by atoms with Crippen molar-refractivity contribution < 1.29 is 13.9 Å². The fraction of sp³-hybridized carbons (Fsp3) is 0.304. The molecule has 3 aromatic rings. The van der Waals surface area contributed by atoms with Crippen LogP contribution in [0.15, 0.2) is 57.7 Å². The Morgan fingerprint density at radius 1 is 1.21 bits per heavy atom. The molecule has 1 aromatic heterocycles. The van der Waals surface area contributed by atoms with Gasteiger partial charge in [0.2, 0.25) is 0 Å². The minimum absolute atomic E-state index is 0.0687. The van der Waals surface area contributed by atoms with E-state index in [9.17, 15) is 9.59 Å². The predicted octanol–water partition coefficient (Wildman–Crippen LogP) is 2.83. The summed E-state index contributed by atoms with van der Waals surface area (Å²) < 4.78 is 11.0. The number of aryl methyl sites for hydroxylation is 1. The van der Waals surface area contributed by atoms with E-state index in [2.05, 4.69) is 11.4 Å². The van der Waals surface area contributed by atoms with E-state index in [0.29, 0.717) is 29.7 Å². The number of ether oxygens (including phenoxy) is 1. The molecule has 148 valence electrons. The molecule has 1 amide bonds. The Kier molecular flexibility index (Phi) is 4.36. The number of nitrogens with zero attached hydrogens (tertiary/aromatic N) is 1. The van der Waals surface area contributed by atoms with E-state index >= 15 is 0 Å². The lowest BCUT2D eigenvalue weighted by molar-refractivity contribution is -0.120. The Morgan fingerprint density at radius 2 is 2.07 bits per heavy atom. The Bertz CT molecular complexity index is 1150. The summed E-state index contributed by atoms with van der Waals surface area (Å²) in [6, 6.07) is 14.9. The van der Waals surface area contributed by atoms with Crippen molar-refractivity contribution in [2.45, 2.75) is 12.8 Å². The van der Waals surface area contributed by atoms with E-state index in [1.54, 1.807) is 12.1 Å². The van der Waals surface area contributed by atoms with Gasteiger partial charge in [0.25, 0.3) is 5.91 Å². The van der Waals surface area contributed by atoms with Gasteiger partial charge in [0.05, 0.1) is 0 Å². The van der Waals surface area contributed by atoms with Gasteiger partial charge in [-0.3, -0.25) is 4.79 Å². The summed E-state index contributed by atoms with van der Waals surface area (Å²) in [6.07, 6.45) is 0. The Morgan fingerprint density at radius 3 is 2.97 bits per heavy atom. The van der Waals surface area contributed by atoms with E-state index in [4.69, 9.17) is 9.15 Å². The van der Waals surface area contributed by atoms with Crippen molar-refractivity contribution in [1.29, 1.82) is 0 Å². The third-order valence-corrected chi connectivity index (χ3v) is 5.97. The SMILES string of the molecule is Cc1cc(=O)oc2cc(OCC(=O)N3CC4CNCC4c4ccccc43)ccc12. The first-order valence-corrected chi connectivity index (χ1v) is 9.87. The van der Waals surface area contributed by atoms with Crippen LogP contribution in [0.5, 0.6) is 5.75 Å². The third kappa shape index (κ3) is 3.19. The summed E-state index contributed by atoms with van der Waals surface area (Å²) in [5, 5.41) is 4.30. The van der Waals surface area contributed by atoms with Crippen molar-refractivity contribution in [3.8, 4) is 5.75 Å². The molecule has 5 rings (SSSR count). The molecule has 0 spiro atoms. The number of fused-ring (bicyclic) bond motifs is 4. The zero-order chi connectivity index (χ0) is 20.0. The summed E-state index contributed by atoms with van der Waals surface area (Å²) in [6.45, 7) is 4.38. The van der Waals surface area contributed by atoms with Gasteiger partial charge in [-0.15, -0.1) is 0 Å². The van der Waals surface area contributed by atoms with Crippen LogP contribution in [-0.2, 0) is 4.79 Å². The molecule has 2 aromatic carbocycles. The van der Waals surface area contributed by atoms with Crippen molar-refractivity contribution >= 4 is 22.6 Å². The van der Waals surface area contributed by atoms with Gasteiger partial charge in [-0.25, -0.2) is 4.79 Å². The largest absolute Gasteiger partial charge is 0.484 e. The number of para-hydroxylation sites is 1. The lowest BCUT2D eigenvalue weighted by Crippen LogP contribution is -2.43. The molecule has 0 saturated carbocycles. The number of carbonyl (C=O) groups excluding carboxylic acids is 1. The normalized spacial score (nSPS) is 20.4. The van der Waals surface area contributed by atoms with E-state index in [0.717, 1.165) is 29.7 Å². The third-order valence-electron chi connectivity index (χ3n) is 5.97. The topological polar surface area (TPSA) is 71.8 Å². The van der Waals surface area contributed by atoms with Crippen LogP contribution in [0.3, 0.4) is 0 Å².